The Balaban J connectivity index is 1.89. The Morgan fingerprint density at radius 2 is 1.92 bits per heavy atom. The number of aryl methyl sites for hydroxylation is 2. The van der Waals surface area contributed by atoms with Gasteiger partial charge in [-0.15, -0.1) is 11.8 Å². The zero-order valence-corrected chi connectivity index (χ0v) is 16.1. The van der Waals surface area contributed by atoms with Crippen LogP contribution in [0.25, 0.3) is 0 Å². The van der Waals surface area contributed by atoms with Crippen molar-refractivity contribution in [2.45, 2.75) is 43.7 Å². The van der Waals surface area contributed by atoms with Crippen molar-refractivity contribution in [3.63, 3.8) is 0 Å². The average molecular weight is 378 g/mol. The predicted molar refractivity (Wildman–Crippen MR) is 104 cm³/mol. The number of amides is 2. The second-order valence-electron chi connectivity index (χ2n) is 5.79. The van der Waals surface area contributed by atoms with Gasteiger partial charge >= 0.3 is 0 Å². The van der Waals surface area contributed by atoms with Crippen LogP contribution in [0, 0.1) is 6.92 Å². The molecule has 2 aromatic rings. The lowest BCUT2D eigenvalue weighted by Crippen LogP contribution is -2.14. The van der Waals surface area contributed by atoms with Crippen molar-refractivity contribution in [2.24, 2.45) is 5.73 Å². The van der Waals surface area contributed by atoms with Gasteiger partial charge in [-0.05, 0) is 30.9 Å². The summed E-state index contributed by atoms with van der Waals surface area (Å²) in [5, 5.41) is 3.38. The molecular weight excluding hydrogens is 354 g/mol. The molecule has 0 atom stereocenters. The van der Waals surface area contributed by atoms with Crippen molar-refractivity contribution < 1.29 is 9.59 Å². The third kappa shape index (κ3) is 6.51. The number of nitrogens with zero attached hydrogens (tertiary/aromatic N) is 1. The molecule has 25 heavy (non-hydrogen) atoms. The van der Waals surface area contributed by atoms with Crippen LogP contribution in [0.4, 0.5) is 5.13 Å². The molecule has 2 rings (SSSR count). The summed E-state index contributed by atoms with van der Waals surface area (Å²) in [6, 6.07) is 8.19. The highest BCUT2D eigenvalue weighted by Crippen LogP contribution is 2.31. The maximum Gasteiger partial charge on any atom is 0.230 e. The molecule has 1 heterocycles. The number of hydrogen-bond acceptors (Lipinski definition) is 5. The molecule has 0 bridgehead atoms. The zero-order valence-electron chi connectivity index (χ0n) is 14.5. The van der Waals surface area contributed by atoms with E-state index in [1.165, 1.54) is 41.5 Å². The van der Waals surface area contributed by atoms with Gasteiger partial charge in [0.2, 0.25) is 11.8 Å². The van der Waals surface area contributed by atoms with E-state index < -0.39 is 0 Å². The number of carbonyl (C=O) groups is 2. The molecular formula is C18H23N3O2S2. The van der Waals surface area contributed by atoms with Gasteiger partial charge in [-0.2, -0.15) is 0 Å². The smallest absolute Gasteiger partial charge is 0.230 e. The monoisotopic (exact) mass is 377 g/mol. The number of carbonyl (C=O) groups excluding carboxylic acids is 2. The lowest BCUT2D eigenvalue weighted by Gasteiger charge is -2.04. The van der Waals surface area contributed by atoms with E-state index in [9.17, 15) is 9.59 Å². The van der Waals surface area contributed by atoms with E-state index in [1.807, 2.05) is 19.1 Å². The van der Waals surface area contributed by atoms with E-state index in [0.29, 0.717) is 11.6 Å². The van der Waals surface area contributed by atoms with E-state index in [1.54, 1.807) is 0 Å². The Morgan fingerprint density at radius 3 is 2.56 bits per heavy atom. The Bertz CT molecular complexity index is 726. The summed E-state index contributed by atoms with van der Waals surface area (Å²) in [6.45, 7) is 4.03. The Hall–Kier alpha value is -1.86. The maximum absolute atomic E-state index is 12.2. The van der Waals surface area contributed by atoms with E-state index in [4.69, 9.17) is 5.73 Å². The van der Waals surface area contributed by atoms with Crippen LogP contribution < -0.4 is 11.1 Å². The fourth-order valence-corrected chi connectivity index (χ4v) is 4.15. The summed E-state index contributed by atoms with van der Waals surface area (Å²) in [6.07, 6.45) is 3.75. The van der Waals surface area contributed by atoms with Crippen LogP contribution in [0.2, 0.25) is 0 Å². The van der Waals surface area contributed by atoms with E-state index >= 15 is 0 Å². The molecule has 0 aliphatic rings. The normalized spacial score (nSPS) is 10.6. The van der Waals surface area contributed by atoms with Crippen molar-refractivity contribution in [2.75, 3.05) is 11.1 Å². The molecule has 0 saturated carbocycles. The second kappa shape index (κ2) is 9.58. The van der Waals surface area contributed by atoms with Gasteiger partial charge in [0.25, 0.3) is 0 Å². The summed E-state index contributed by atoms with van der Waals surface area (Å²) in [7, 11) is 0. The van der Waals surface area contributed by atoms with Crippen molar-refractivity contribution >= 4 is 40.0 Å². The van der Waals surface area contributed by atoms with Gasteiger partial charge in [0.1, 0.15) is 0 Å². The molecule has 7 heteroatoms. The summed E-state index contributed by atoms with van der Waals surface area (Å²) < 4.78 is 0.898. The topological polar surface area (TPSA) is 85.1 Å². The number of thioether (sulfide) groups is 1. The van der Waals surface area contributed by atoms with Gasteiger partial charge in [0, 0.05) is 0 Å². The van der Waals surface area contributed by atoms with Crippen molar-refractivity contribution in [3.05, 3.63) is 41.1 Å². The number of thiazole rings is 1. The SMILES string of the molecule is CCCCc1ccc(CC(=O)Nc2nc(C)c(SCC(N)=O)s2)cc1. The highest BCUT2D eigenvalue weighted by atomic mass is 32.2. The number of primary amides is 1. The number of nitrogens with one attached hydrogen (secondary N) is 1. The minimum atomic E-state index is -0.370. The molecule has 0 radical (unpaired) electrons. The van der Waals surface area contributed by atoms with Crippen LogP contribution in [0.15, 0.2) is 28.5 Å². The molecule has 3 N–H and O–H groups in total. The van der Waals surface area contributed by atoms with Crippen LogP contribution in [0.1, 0.15) is 36.6 Å². The Labute approximate surface area is 156 Å². The average Bonchev–Trinajstić information content (AvgIpc) is 2.91. The summed E-state index contributed by atoms with van der Waals surface area (Å²) in [4.78, 5) is 27.4. The summed E-state index contributed by atoms with van der Waals surface area (Å²) in [5.74, 6) is -0.256. The first-order valence-electron chi connectivity index (χ1n) is 8.24. The highest BCUT2D eigenvalue weighted by molar-refractivity contribution is 8.01. The third-order valence-electron chi connectivity index (χ3n) is 3.55. The lowest BCUT2D eigenvalue weighted by atomic mass is 10.0. The first-order valence-corrected chi connectivity index (χ1v) is 10.0. The summed E-state index contributed by atoms with van der Waals surface area (Å²) in [5.41, 5.74) is 8.24. The van der Waals surface area contributed by atoms with E-state index in [0.717, 1.165) is 21.9 Å². The van der Waals surface area contributed by atoms with Gasteiger partial charge in [0.15, 0.2) is 5.13 Å². The number of unbranched alkanes of at least 4 members (excludes halogenated alkanes) is 1. The molecule has 1 aromatic carbocycles. The minimum Gasteiger partial charge on any atom is -0.369 e. The number of rotatable bonds is 9. The van der Waals surface area contributed by atoms with Crippen molar-refractivity contribution in [1.82, 2.24) is 4.98 Å². The third-order valence-corrected chi connectivity index (χ3v) is 6.01. The number of hydrogen-bond donors (Lipinski definition) is 2. The lowest BCUT2D eigenvalue weighted by molar-refractivity contribution is -0.116. The Morgan fingerprint density at radius 1 is 1.24 bits per heavy atom. The molecule has 0 unspecified atom stereocenters. The first kappa shape index (κ1) is 19.5. The molecule has 5 nitrogen and oxygen atoms in total. The predicted octanol–water partition coefficient (Wildman–Crippen LogP) is 3.55. The fourth-order valence-electron chi connectivity index (χ4n) is 2.26. The van der Waals surface area contributed by atoms with Gasteiger partial charge in [-0.3, -0.25) is 9.59 Å². The van der Waals surface area contributed by atoms with Crippen LogP contribution in [-0.4, -0.2) is 22.6 Å². The van der Waals surface area contributed by atoms with Gasteiger partial charge < -0.3 is 11.1 Å². The molecule has 0 aliphatic heterocycles. The molecule has 0 fully saturated rings. The van der Waals surface area contributed by atoms with Gasteiger partial charge in [-0.1, -0.05) is 48.9 Å². The highest BCUT2D eigenvalue weighted by Gasteiger charge is 2.12. The molecule has 0 aliphatic carbocycles. The maximum atomic E-state index is 12.2. The number of benzene rings is 1. The molecule has 2 amide bonds. The Kier molecular flexibility index (Phi) is 7.46. The molecule has 0 saturated heterocycles. The quantitative estimate of drug-likeness (QED) is 0.655. The summed E-state index contributed by atoms with van der Waals surface area (Å²) >= 11 is 2.71. The van der Waals surface area contributed by atoms with Gasteiger partial charge in [0.05, 0.1) is 22.1 Å². The standard InChI is InChI=1S/C18H23N3O2S2/c1-3-4-5-13-6-8-14(9-7-13)10-16(23)21-18-20-12(2)17(25-18)24-11-15(19)22/h6-9H,3-5,10-11H2,1-2H3,(H2,19,22)(H,20,21,23). The van der Waals surface area contributed by atoms with E-state index in [-0.39, 0.29) is 17.6 Å². The van der Waals surface area contributed by atoms with Crippen molar-refractivity contribution in [1.29, 1.82) is 0 Å². The molecule has 0 spiro atoms. The van der Waals surface area contributed by atoms with Crippen LogP contribution in [0.3, 0.4) is 0 Å². The van der Waals surface area contributed by atoms with Crippen LogP contribution in [0.5, 0.6) is 0 Å². The number of aromatic nitrogens is 1. The minimum absolute atomic E-state index is 0.0958. The second-order valence-corrected chi connectivity index (χ2v) is 8.03. The van der Waals surface area contributed by atoms with Crippen molar-refractivity contribution in [3.8, 4) is 0 Å². The largest absolute Gasteiger partial charge is 0.369 e. The van der Waals surface area contributed by atoms with Crippen LogP contribution in [-0.2, 0) is 22.4 Å². The fraction of sp³-hybridized carbons (Fsp3) is 0.389. The number of anilines is 1. The van der Waals surface area contributed by atoms with Crippen LogP contribution >= 0.6 is 23.1 Å². The van der Waals surface area contributed by atoms with E-state index in [2.05, 4.69) is 29.4 Å². The molecule has 134 valence electrons. The number of nitrogens with two attached hydrogens (primary N) is 1. The zero-order chi connectivity index (χ0) is 18.2. The first-order chi connectivity index (χ1) is 12.0. The molecule has 1 aromatic heterocycles. The van der Waals surface area contributed by atoms with Gasteiger partial charge in [-0.25, -0.2) is 4.98 Å².